The van der Waals surface area contributed by atoms with Crippen molar-refractivity contribution in [2.24, 2.45) is 7.05 Å². The Labute approximate surface area is 146 Å². The van der Waals surface area contributed by atoms with Crippen LogP contribution in [0.5, 0.6) is 0 Å². The average Bonchev–Trinajstić information content (AvgIpc) is 3.24. The molecule has 1 aliphatic rings. The van der Waals surface area contributed by atoms with Gasteiger partial charge < -0.3 is 14.8 Å². The van der Waals surface area contributed by atoms with Gasteiger partial charge in [-0.05, 0) is 50.1 Å². The van der Waals surface area contributed by atoms with Crippen molar-refractivity contribution in [1.29, 1.82) is 0 Å². The van der Waals surface area contributed by atoms with E-state index < -0.39 is 0 Å². The molecule has 2 aromatic heterocycles. The standard InChI is InChI=1S/C19H21N5O/c1-13-21-15-8-7-14(12-17(15)23(13)2)19(25)22-16-6-5-9-20-18(16)24-10-3-4-11-24/h5-9,12H,3-4,10-11H2,1-2H3,(H,22,25). The third kappa shape index (κ3) is 2.84. The second kappa shape index (κ2) is 6.20. The predicted molar refractivity (Wildman–Crippen MR) is 99.1 cm³/mol. The Morgan fingerprint density at radius 2 is 2.00 bits per heavy atom. The lowest BCUT2D eigenvalue weighted by molar-refractivity contribution is 0.102. The van der Waals surface area contributed by atoms with Crippen LogP contribution in [0.2, 0.25) is 0 Å². The lowest BCUT2D eigenvalue weighted by atomic mass is 10.2. The SMILES string of the molecule is Cc1nc2ccc(C(=O)Nc3cccnc3N3CCCC3)cc2n1C. The summed E-state index contributed by atoms with van der Waals surface area (Å²) >= 11 is 0. The van der Waals surface area contributed by atoms with Crippen molar-refractivity contribution < 1.29 is 4.79 Å². The van der Waals surface area contributed by atoms with Gasteiger partial charge in [-0.1, -0.05) is 0 Å². The fraction of sp³-hybridized carbons (Fsp3) is 0.316. The van der Waals surface area contributed by atoms with E-state index in [1.807, 2.05) is 48.9 Å². The zero-order valence-electron chi connectivity index (χ0n) is 14.5. The highest BCUT2D eigenvalue weighted by Crippen LogP contribution is 2.27. The van der Waals surface area contributed by atoms with Crippen LogP contribution in [0.15, 0.2) is 36.5 Å². The van der Waals surface area contributed by atoms with Gasteiger partial charge >= 0.3 is 0 Å². The van der Waals surface area contributed by atoms with Crippen LogP contribution in [-0.2, 0) is 7.05 Å². The molecule has 0 unspecified atom stereocenters. The third-order valence-electron chi connectivity index (χ3n) is 4.81. The number of carbonyl (C=O) groups excluding carboxylic acids is 1. The van der Waals surface area contributed by atoms with Crippen molar-refractivity contribution in [3.05, 3.63) is 47.9 Å². The monoisotopic (exact) mass is 335 g/mol. The predicted octanol–water partition coefficient (Wildman–Crippen LogP) is 3.13. The van der Waals surface area contributed by atoms with Gasteiger partial charge in [-0.25, -0.2) is 9.97 Å². The van der Waals surface area contributed by atoms with E-state index in [0.29, 0.717) is 5.56 Å². The molecule has 3 heterocycles. The highest BCUT2D eigenvalue weighted by Gasteiger charge is 2.18. The fourth-order valence-electron chi connectivity index (χ4n) is 3.32. The van der Waals surface area contributed by atoms with E-state index in [1.54, 1.807) is 6.20 Å². The number of nitrogens with one attached hydrogen (secondary N) is 1. The minimum atomic E-state index is -0.130. The lowest BCUT2D eigenvalue weighted by Crippen LogP contribution is -2.22. The van der Waals surface area contributed by atoms with Crippen LogP contribution in [0.3, 0.4) is 0 Å². The lowest BCUT2D eigenvalue weighted by Gasteiger charge is -2.20. The van der Waals surface area contributed by atoms with E-state index in [-0.39, 0.29) is 5.91 Å². The number of nitrogens with zero attached hydrogens (tertiary/aromatic N) is 4. The van der Waals surface area contributed by atoms with Crippen LogP contribution < -0.4 is 10.2 Å². The first kappa shape index (κ1) is 15.6. The van der Waals surface area contributed by atoms with Crippen LogP contribution >= 0.6 is 0 Å². The first-order valence-electron chi connectivity index (χ1n) is 8.58. The molecule has 4 rings (SSSR count). The van der Waals surface area contributed by atoms with Crippen LogP contribution in [0, 0.1) is 6.92 Å². The summed E-state index contributed by atoms with van der Waals surface area (Å²) in [7, 11) is 1.96. The minimum Gasteiger partial charge on any atom is -0.355 e. The summed E-state index contributed by atoms with van der Waals surface area (Å²) in [5.41, 5.74) is 3.23. The second-order valence-corrected chi connectivity index (χ2v) is 6.44. The molecular formula is C19H21N5O. The number of anilines is 2. The molecule has 6 nitrogen and oxygen atoms in total. The molecule has 0 spiro atoms. The number of aryl methyl sites for hydroxylation is 2. The summed E-state index contributed by atoms with van der Waals surface area (Å²) in [5, 5.41) is 3.02. The second-order valence-electron chi connectivity index (χ2n) is 6.44. The van der Waals surface area contributed by atoms with E-state index in [0.717, 1.165) is 41.5 Å². The number of hydrogen-bond donors (Lipinski definition) is 1. The van der Waals surface area contributed by atoms with Gasteiger partial charge in [-0.3, -0.25) is 4.79 Å². The molecule has 128 valence electrons. The maximum atomic E-state index is 12.8. The molecule has 6 heteroatoms. The molecule has 0 radical (unpaired) electrons. The molecule has 1 amide bonds. The van der Waals surface area contributed by atoms with Gasteiger partial charge in [0.25, 0.3) is 5.91 Å². The van der Waals surface area contributed by atoms with Gasteiger partial charge in [0.2, 0.25) is 0 Å². The molecular weight excluding hydrogens is 314 g/mol. The van der Waals surface area contributed by atoms with Crippen LogP contribution in [0.1, 0.15) is 29.0 Å². The van der Waals surface area contributed by atoms with Gasteiger partial charge in [0, 0.05) is 31.9 Å². The number of aromatic nitrogens is 3. The topological polar surface area (TPSA) is 63.1 Å². The zero-order valence-corrected chi connectivity index (χ0v) is 14.5. The number of pyridine rings is 1. The quantitative estimate of drug-likeness (QED) is 0.799. The summed E-state index contributed by atoms with van der Waals surface area (Å²) in [6.07, 6.45) is 4.11. The number of fused-ring (bicyclic) bond motifs is 1. The molecule has 3 aromatic rings. The van der Waals surface area contributed by atoms with Crippen LogP contribution in [0.25, 0.3) is 11.0 Å². The molecule has 0 bridgehead atoms. The Hall–Kier alpha value is -2.89. The number of imidazole rings is 1. The molecule has 25 heavy (non-hydrogen) atoms. The van der Waals surface area contributed by atoms with E-state index in [4.69, 9.17) is 0 Å². The molecule has 0 saturated carbocycles. The maximum absolute atomic E-state index is 12.8. The van der Waals surface area contributed by atoms with Gasteiger partial charge in [0.05, 0.1) is 16.7 Å². The first-order valence-corrected chi connectivity index (χ1v) is 8.58. The summed E-state index contributed by atoms with van der Waals surface area (Å²) < 4.78 is 1.99. The highest BCUT2D eigenvalue weighted by atomic mass is 16.1. The minimum absolute atomic E-state index is 0.130. The number of amides is 1. The Bertz CT molecular complexity index is 940. The van der Waals surface area contributed by atoms with E-state index in [1.165, 1.54) is 12.8 Å². The molecule has 1 fully saturated rings. The zero-order chi connectivity index (χ0) is 17.4. The van der Waals surface area contributed by atoms with E-state index in [9.17, 15) is 4.79 Å². The Morgan fingerprint density at radius 3 is 2.80 bits per heavy atom. The van der Waals surface area contributed by atoms with Gasteiger partial charge in [-0.2, -0.15) is 0 Å². The van der Waals surface area contributed by atoms with E-state index in [2.05, 4.69) is 20.2 Å². The number of rotatable bonds is 3. The average molecular weight is 335 g/mol. The molecule has 1 aromatic carbocycles. The normalized spacial score (nSPS) is 14.2. The smallest absolute Gasteiger partial charge is 0.255 e. The van der Waals surface area contributed by atoms with Crippen LogP contribution in [-0.4, -0.2) is 33.5 Å². The van der Waals surface area contributed by atoms with E-state index >= 15 is 0 Å². The number of benzene rings is 1. The molecule has 0 aliphatic carbocycles. The Morgan fingerprint density at radius 1 is 1.20 bits per heavy atom. The fourth-order valence-corrected chi connectivity index (χ4v) is 3.32. The van der Waals surface area contributed by atoms with Gasteiger partial charge in [0.1, 0.15) is 5.82 Å². The Kier molecular flexibility index (Phi) is 3.87. The highest BCUT2D eigenvalue weighted by molar-refractivity contribution is 6.07. The molecule has 1 saturated heterocycles. The van der Waals surface area contributed by atoms with Crippen LogP contribution in [0.4, 0.5) is 11.5 Å². The molecule has 1 N–H and O–H groups in total. The first-order chi connectivity index (χ1) is 12.1. The third-order valence-corrected chi connectivity index (χ3v) is 4.81. The summed E-state index contributed by atoms with van der Waals surface area (Å²) in [5.74, 6) is 1.65. The molecule has 0 atom stereocenters. The van der Waals surface area contributed by atoms with Gasteiger partial charge in [0.15, 0.2) is 5.82 Å². The van der Waals surface area contributed by atoms with Crippen molar-refractivity contribution in [3.8, 4) is 0 Å². The summed E-state index contributed by atoms with van der Waals surface area (Å²) in [6.45, 7) is 3.93. The van der Waals surface area contributed by atoms with Crippen molar-refractivity contribution in [1.82, 2.24) is 14.5 Å². The largest absolute Gasteiger partial charge is 0.355 e. The van der Waals surface area contributed by atoms with Crippen molar-refractivity contribution in [2.75, 3.05) is 23.3 Å². The molecule has 1 aliphatic heterocycles. The summed E-state index contributed by atoms with van der Waals surface area (Å²) in [4.78, 5) is 23.9. The van der Waals surface area contributed by atoms with Gasteiger partial charge in [-0.15, -0.1) is 0 Å². The van der Waals surface area contributed by atoms with Crippen molar-refractivity contribution >= 4 is 28.4 Å². The maximum Gasteiger partial charge on any atom is 0.255 e. The Balaban J connectivity index is 1.63. The number of carbonyl (C=O) groups is 1. The van der Waals surface area contributed by atoms with Crippen molar-refractivity contribution in [3.63, 3.8) is 0 Å². The summed E-state index contributed by atoms with van der Waals surface area (Å²) in [6, 6.07) is 9.35. The van der Waals surface area contributed by atoms with Crippen molar-refractivity contribution in [2.45, 2.75) is 19.8 Å². The number of hydrogen-bond acceptors (Lipinski definition) is 4.